The fourth-order valence-electron chi connectivity index (χ4n) is 2.01. The van der Waals surface area contributed by atoms with Crippen molar-refractivity contribution in [3.05, 3.63) is 36.7 Å². The molecule has 0 radical (unpaired) electrons. The average Bonchev–Trinajstić information content (AvgIpc) is 2.30. The number of nitrogens with zero attached hydrogens (tertiary/aromatic N) is 2. The van der Waals surface area contributed by atoms with Gasteiger partial charge in [0.05, 0.1) is 0 Å². The second kappa shape index (κ2) is 5.76. The normalized spacial score (nSPS) is 17.7. The lowest BCUT2D eigenvalue weighted by atomic mass is 10.0. The summed E-state index contributed by atoms with van der Waals surface area (Å²) in [5.74, 6) is 0. The molecule has 0 aliphatic carbocycles. The van der Waals surface area contributed by atoms with E-state index in [1.807, 2.05) is 12.3 Å². The quantitative estimate of drug-likeness (QED) is 0.682. The molecule has 0 atom stereocenters. The Morgan fingerprint density at radius 3 is 2.60 bits per heavy atom. The molecule has 0 bridgehead atoms. The highest BCUT2D eigenvalue weighted by Crippen LogP contribution is 2.21. The third kappa shape index (κ3) is 2.72. The number of rotatable bonds is 5. The predicted octanol–water partition coefficient (Wildman–Crippen LogP) is 2.62. The van der Waals surface area contributed by atoms with E-state index in [2.05, 4.69) is 36.8 Å². The Hall–Kier alpha value is -1.02. The van der Waals surface area contributed by atoms with Crippen molar-refractivity contribution in [1.82, 2.24) is 9.80 Å². The second-order valence-corrected chi connectivity index (χ2v) is 3.76. The van der Waals surface area contributed by atoms with Gasteiger partial charge in [0, 0.05) is 25.3 Å². The van der Waals surface area contributed by atoms with E-state index in [9.17, 15) is 0 Å². The molecular formula is C13H22N2. The topological polar surface area (TPSA) is 6.48 Å². The van der Waals surface area contributed by atoms with E-state index in [0.717, 1.165) is 32.6 Å². The van der Waals surface area contributed by atoms with Crippen LogP contribution in [0.2, 0.25) is 0 Å². The lowest BCUT2D eigenvalue weighted by Gasteiger charge is -2.34. The molecular weight excluding hydrogens is 184 g/mol. The van der Waals surface area contributed by atoms with Crippen LogP contribution in [0.1, 0.15) is 20.3 Å². The van der Waals surface area contributed by atoms with Crippen molar-refractivity contribution in [3.63, 3.8) is 0 Å². The van der Waals surface area contributed by atoms with Gasteiger partial charge < -0.3 is 4.90 Å². The molecule has 0 aromatic rings. The molecule has 1 aliphatic rings. The van der Waals surface area contributed by atoms with Gasteiger partial charge in [0.15, 0.2) is 0 Å². The highest BCUT2D eigenvalue weighted by Gasteiger charge is 2.18. The van der Waals surface area contributed by atoms with Gasteiger partial charge in [-0.3, -0.25) is 4.90 Å². The van der Waals surface area contributed by atoms with Crippen LogP contribution >= 0.6 is 0 Å². The van der Waals surface area contributed by atoms with Crippen LogP contribution in [0, 0.1) is 0 Å². The molecule has 0 saturated carbocycles. The monoisotopic (exact) mass is 206 g/mol. The highest BCUT2D eigenvalue weighted by molar-refractivity contribution is 5.28. The Labute approximate surface area is 93.6 Å². The maximum absolute atomic E-state index is 3.90. The van der Waals surface area contributed by atoms with Crippen LogP contribution in [-0.2, 0) is 0 Å². The number of allylic oxidation sites excluding steroid dienone is 1. The van der Waals surface area contributed by atoms with E-state index >= 15 is 0 Å². The first-order valence-electron chi connectivity index (χ1n) is 5.72. The van der Waals surface area contributed by atoms with Gasteiger partial charge in [-0.1, -0.05) is 26.2 Å². The summed E-state index contributed by atoms with van der Waals surface area (Å²) < 4.78 is 0. The maximum Gasteiger partial charge on any atom is 0.0389 e. The van der Waals surface area contributed by atoms with Gasteiger partial charge in [-0.2, -0.15) is 0 Å². The maximum atomic E-state index is 3.90. The Balaban J connectivity index is 2.90. The van der Waals surface area contributed by atoms with Crippen LogP contribution in [0.25, 0.3) is 0 Å². The van der Waals surface area contributed by atoms with E-state index < -0.39 is 0 Å². The molecule has 0 aromatic heterocycles. The van der Waals surface area contributed by atoms with Crippen molar-refractivity contribution in [3.8, 4) is 0 Å². The van der Waals surface area contributed by atoms with Crippen molar-refractivity contribution < 1.29 is 0 Å². The molecule has 0 unspecified atom stereocenters. The van der Waals surface area contributed by atoms with Crippen LogP contribution in [-0.4, -0.2) is 36.0 Å². The smallest absolute Gasteiger partial charge is 0.0389 e. The third-order valence-corrected chi connectivity index (χ3v) is 3.04. The van der Waals surface area contributed by atoms with E-state index in [0.29, 0.717) is 0 Å². The molecule has 0 N–H and O–H groups in total. The molecule has 0 fully saturated rings. The first-order chi connectivity index (χ1) is 7.26. The number of likely N-dealkylation sites (N-methyl/N-ethyl adjacent to an activating group) is 2. The van der Waals surface area contributed by atoms with Crippen LogP contribution in [0.4, 0.5) is 0 Å². The third-order valence-electron chi connectivity index (χ3n) is 3.04. The first-order valence-corrected chi connectivity index (χ1v) is 5.72. The minimum atomic E-state index is 0.980. The van der Waals surface area contributed by atoms with Gasteiger partial charge in [-0.05, 0) is 31.7 Å². The minimum Gasteiger partial charge on any atom is -0.351 e. The molecule has 2 heteroatoms. The molecule has 1 rings (SSSR count). The molecule has 0 aromatic carbocycles. The standard InChI is InChI=1S/C13H22N2/c1-5-12-9-10-14(6-2)11-13(12)15(7-3)8-4/h5,7H,1,3,6,8-11H2,2,4H3. The van der Waals surface area contributed by atoms with E-state index in [1.165, 1.54) is 11.3 Å². The first kappa shape index (κ1) is 12.1. The Bertz CT molecular complexity index is 266. The van der Waals surface area contributed by atoms with Gasteiger partial charge >= 0.3 is 0 Å². The van der Waals surface area contributed by atoms with Crippen molar-refractivity contribution in [2.75, 3.05) is 26.2 Å². The lowest BCUT2D eigenvalue weighted by molar-refractivity contribution is 0.269. The second-order valence-electron chi connectivity index (χ2n) is 3.76. The summed E-state index contributed by atoms with van der Waals surface area (Å²) in [7, 11) is 0. The van der Waals surface area contributed by atoms with Gasteiger partial charge in [0.2, 0.25) is 0 Å². The van der Waals surface area contributed by atoms with E-state index in [1.54, 1.807) is 0 Å². The van der Waals surface area contributed by atoms with Crippen LogP contribution < -0.4 is 0 Å². The average molecular weight is 206 g/mol. The molecule has 0 spiro atoms. The van der Waals surface area contributed by atoms with Gasteiger partial charge in [-0.15, -0.1) is 0 Å². The zero-order valence-electron chi connectivity index (χ0n) is 10.00. The zero-order chi connectivity index (χ0) is 11.3. The van der Waals surface area contributed by atoms with Crippen molar-refractivity contribution in [2.45, 2.75) is 20.3 Å². The summed E-state index contributed by atoms with van der Waals surface area (Å²) >= 11 is 0. The summed E-state index contributed by atoms with van der Waals surface area (Å²) in [4.78, 5) is 4.67. The predicted molar refractivity (Wildman–Crippen MR) is 66.5 cm³/mol. The van der Waals surface area contributed by atoms with Crippen LogP contribution in [0.5, 0.6) is 0 Å². The SMILES string of the molecule is C=CC1=C(N(C=C)CC)CN(CC)CC1. The molecule has 0 amide bonds. The number of hydrogen-bond donors (Lipinski definition) is 0. The molecule has 84 valence electrons. The fourth-order valence-corrected chi connectivity index (χ4v) is 2.01. The largest absolute Gasteiger partial charge is 0.351 e. The lowest BCUT2D eigenvalue weighted by Crippen LogP contribution is -2.36. The van der Waals surface area contributed by atoms with E-state index in [4.69, 9.17) is 0 Å². The minimum absolute atomic E-state index is 0.980. The molecule has 15 heavy (non-hydrogen) atoms. The van der Waals surface area contributed by atoms with E-state index in [-0.39, 0.29) is 0 Å². The summed E-state index contributed by atoms with van der Waals surface area (Å²) in [6, 6.07) is 0. The summed E-state index contributed by atoms with van der Waals surface area (Å²) in [5.41, 5.74) is 2.75. The van der Waals surface area contributed by atoms with Gasteiger partial charge in [0.1, 0.15) is 0 Å². The van der Waals surface area contributed by atoms with Crippen molar-refractivity contribution in [2.24, 2.45) is 0 Å². The zero-order valence-corrected chi connectivity index (χ0v) is 10.00. The Morgan fingerprint density at radius 2 is 2.13 bits per heavy atom. The van der Waals surface area contributed by atoms with Crippen LogP contribution in [0.15, 0.2) is 36.7 Å². The molecule has 0 saturated heterocycles. The Morgan fingerprint density at radius 1 is 1.40 bits per heavy atom. The summed E-state index contributed by atoms with van der Waals surface area (Å²) in [5, 5.41) is 0. The van der Waals surface area contributed by atoms with Gasteiger partial charge in [-0.25, -0.2) is 0 Å². The molecule has 1 aliphatic heterocycles. The van der Waals surface area contributed by atoms with Crippen molar-refractivity contribution in [1.29, 1.82) is 0 Å². The Kier molecular flexibility index (Phi) is 4.63. The summed E-state index contributed by atoms with van der Waals surface area (Å²) in [6.07, 6.45) is 5.02. The number of hydrogen-bond acceptors (Lipinski definition) is 2. The summed E-state index contributed by atoms with van der Waals surface area (Å²) in [6.45, 7) is 16.4. The molecule has 1 heterocycles. The van der Waals surface area contributed by atoms with Crippen LogP contribution in [0.3, 0.4) is 0 Å². The van der Waals surface area contributed by atoms with Crippen molar-refractivity contribution >= 4 is 0 Å². The fraction of sp³-hybridized carbons (Fsp3) is 0.538. The molecule has 2 nitrogen and oxygen atoms in total. The highest BCUT2D eigenvalue weighted by atomic mass is 15.2. The van der Waals surface area contributed by atoms with Gasteiger partial charge in [0.25, 0.3) is 0 Å².